The molecule has 1 fully saturated rings. The van der Waals surface area contributed by atoms with Gasteiger partial charge in [0, 0.05) is 6.54 Å². The van der Waals surface area contributed by atoms with Gasteiger partial charge in [0.15, 0.2) is 0 Å². The highest BCUT2D eigenvalue weighted by molar-refractivity contribution is 5.94. The van der Waals surface area contributed by atoms with E-state index < -0.39 is 29.8 Å². The summed E-state index contributed by atoms with van der Waals surface area (Å²) < 4.78 is 44.9. The predicted molar refractivity (Wildman–Crippen MR) is 79.3 cm³/mol. The second kappa shape index (κ2) is 5.98. The number of nitrogens with zero attached hydrogens (tertiary/aromatic N) is 1. The second-order valence-corrected chi connectivity index (χ2v) is 5.89. The molecule has 7 heteroatoms. The van der Waals surface area contributed by atoms with E-state index in [1.165, 1.54) is 35.4 Å². The third-order valence-electron chi connectivity index (χ3n) is 4.14. The van der Waals surface area contributed by atoms with Crippen LogP contribution in [0, 0.1) is 6.92 Å². The molecule has 1 saturated heterocycles. The maximum Gasteiger partial charge on any atom is 0.416 e. The molecule has 1 aromatic carbocycles. The molecule has 3 rings (SSSR count). The van der Waals surface area contributed by atoms with Crippen LogP contribution in [0.15, 0.2) is 41.0 Å². The van der Waals surface area contributed by atoms with Crippen molar-refractivity contribution in [2.75, 3.05) is 6.54 Å². The van der Waals surface area contributed by atoms with Crippen molar-refractivity contribution in [1.82, 2.24) is 4.90 Å². The van der Waals surface area contributed by atoms with Gasteiger partial charge in [-0.1, -0.05) is 18.2 Å². The van der Waals surface area contributed by atoms with Crippen LogP contribution < -0.4 is 0 Å². The van der Waals surface area contributed by atoms with Gasteiger partial charge in [0.2, 0.25) is 0 Å². The van der Waals surface area contributed by atoms with Gasteiger partial charge in [0.25, 0.3) is 5.91 Å². The second-order valence-electron chi connectivity index (χ2n) is 5.89. The summed E-state index contributed by atoms with van der Waals surface area (Å²) in [5.41, 5.74) is -0.531. The number of carbonyl (C=O) groups is 1. The van der Waals surface area contributed by atoms with Gasteiger partial charge in [-0.05, 0) is 31.0 Å². The zero-order valence-electron chi connectivity index (χ0n) is 12.9. The highest BCUT2D eigenvalue weighted by atomic mass is 19.4. The van der Waals surface area contributed by atoms with Crippen molar-refractivity contribution < 1.29 is 27.5 Å². The lowest BCUT2D eigenvalue weighted by molar-refractivity contribution is -0.138. The quantitative estimate of drug-likeness (QED) is 0.910. The van der Waals surface area contributed by atoms with Crippen LogP contribution in [0.4, 0.5) is 13.2 Å². The fraction of sp³-hybridized carbons (Fsp3) is 0.353. The summed E-state index contributed by atoms with van der Waals surface area (Å²) in [6, 6.07) is 5.85. The van der Waals surface area contributed by atoms with Crippen molar-refractivity contribution in [3.8, 4) is 0 Å². The molecule has 2 atom stereocenters. The number of amides is 1. The van der Waals surface area contributed by atoms with Gasteiger partial charge in [-0.3, -0.25) is 4.79 Å². The first-order valence-electron chi connectivity index (χ1n) is 7.47. The Hall–Kier alpha value is -2.28. The molecule has 1 amide bonds. The van der Waals surface area contributed by atoms with Crippen molar-refractivity contribution in [2.24, 2.45) is 0 Å². The van der Waals surface area contributed by atoms with E-state index >= 15 is 0 Å². The van der Waals surface area contributed by atoms with Gasteiger partial charge in [0.05, 0.1) is 23.3 Å². The summed E-state index contributed by atoms with van der Waals surface area (Å²) in [5, 5.41) is 9.93. The molecule has 0 unspecified atom stereocenters. The molecule has 1 aromatic heterocycles. The molecule has 0 bridgehead atoms. The Bertz CT molecular complexity index is 754. The summed E-state index contributed by atoms with van der Waals surface area (Å²) in [6.07, 6.45) is -4.05. The Kier molecular flexibility index (Phi) is 4.13. The smallest absolute Gasteiger partial charge is 0.416 e. The first-order valence-corrected chi connectivity index (χ1v) is 7.47. The number of benzene rings is 1. The number of β-amino-alcohol motifs (C(OH)–C–C–N with tert-alkyl or cyclic N) is 1. The SMILES string of the molecule is Cc1cc(C(=O)N2C[C@@H](O)C[C@@H]2c2ccccc2C(F)(F)F)co1. The van der Waals surface area contributed by atoms with Crippen LogP contribution >= 0.6 is 0 Å². The highest BCUT2D eigenvalue weighted by Gasteiger charge is 2.41. The molecule has 0 spiro atoms. The lowest BCUT2D eigenvalue weighted by atomic mass is 9.97. The van der Waals surface area contributed by atoms with E-state index in [1.54, 1.807) is 6.92 Å². The minimum Gasteiger partial charge on any atom is -0.469 e. The van der Waals surface area contributed by atoms with E-state index in [-0.39, 0.29) is 24.1 Å². The Morgan fingerprint density at radius 1 is 1.33 bits per heavy atom. The first kappa shape index (κ1) is 16.6. The molecule has 0 saturated carbocycles. The lowest BCUT2D eigenvalue weighted by Gasteiger charge is -2.26. The molecule has 4 nitrogen and oxygen atoms in total. The van der Waals surface area contributed by atoms with Crippen molar-refractivity contribution in [3.05, 3.63) is 59.0 Å². The molecule has 24 heavy (non-hydrogen) atoms. The summed E-state index contributed by atoms with van der Waals surface area (Å²) in [7, 11) is 0. The number of hydrogen-bond acceptors (Lipinski definition) is 3. The number of aliphatic hydroxyl groups is 1. The zero-order valence-corrected chi connectivity index (χ0v) is 12.9. The zero-order chi connectivity index (χ0) is 17.5. The predicted octanol–water partition coefficient (Wildman–Crippen LogP) is 3.55. The molecule has 2 heterocycles. The minimum absolute atomic E-state index is 0.00452. The number of likely N-dealkylation sites (tertiary alicyclic amines) is 1. The maximum absolute atomic E-state index is 13.3. The van der Waals surface area contributed by atoms with Crippen molar-refractivity contribution in [3.63, 3.8) is 0 Å². The maximum atomic E-state index is 13.3. The van der Waals surface area contributed by atoms with E-state index in [1.807, 2.05) is 0 Å². The number of carbonyl (C=O) groups excluding carboxylic acids is 1. The Balaban J connectivity index is 1.99. The Morgan fingerprint density at radius 3 is 2.67 bits per heavy atom. The topological polar surface area (TPSA) is 53.7 Å². The summed E-state index contributed by atoms with van der Waals surface area (Å²) in [4.78, 5) is 13.9. The third kappa shape index (κ3) is 3.03. The number of halogens is 3. The lowest BCUT2D eigenvalue weighted by Crippen LogP contribution is -2.32. The molecule has 0 radical (unpaired) electrons. The van der Waals surface area contributed by atoms with Crippen LogP contribution in [-0.2, 0) is 6.18 Å². The molecule has 0 aliphatic carbocycles. The monoisotopic (exact) mass is 339 g/mol. The normalized spacial score (nSPS) is 21.3. The van der Waals surface area contributed by atoms with Gasteiger partial charge in [-0.2, -0.15) is 13.2 Å². The van der Waals surface area contributed by atoms with E-state index in [0.717, 1.165) is 6.07 Å². The fourth-order valence-corrected chi connectivity index (χ4v) is 3.10. The average molecular weight is 339 g/mol. The van der Waals surface area contributed by atoms with E-state index in [9.17, 15) is 23.1 Å². The van der Waals surface area contributed by atoms with E-state index in [0.29, 0.717) is 5.76 Å². The van der Waals surface area contributed by atoms with Crippen molar-refractivity contribution in [1.29, 1.82) is 0 Å². The largest absolute Gasteiger partial charge is 0.469 e. The van der Waals surface area contributed by atoms with Gasteiger partial charge in [-0.25, -0.2) is 0 Å². The van der Waals surface area contributed by atoms with E-state index in [4.69, 9.17) is 4.42 Å². The summed E-state index contributed by atoms with van der Waals surface area (Å²) in [5.74, 6) is 0.0794. The van der Waals surface area contributed by atoms with Gasteiger partial charge in [0.1, 0.15) is 12.0 Å². The molecular weight excluding hydrogens is 323 g/mol. The number of alkyl halides is 3. The van der Waals surface area contributed by atoms with Crippen LogP contribution in [0.5, 0.6) is 0 Å². The average Bonchev–Trinajstić information content (AvgIpc) is 3.12. The molecule has 1 aliphatic rings. The Labute approximate surface area is 136 Å². The minimum atomic E-state index is -4.52. The number of aliphatic hydroxyl groups excluding tert-OH is 1. The number of rotatable bonds is 2. The van der Waals surface area contributed by atoms with Crippen molar-refractivity contribution in [2.45, 2.75) is 31.7 Å². The molecule has 1 aliphatic heterocycles. The van der Waals surface area contributed by atoms with Crippen LogP contribution in [0.1, 0.15) is 39.7 Å². The first-order chi connectivity index (χ1) is 11.3. The molecular formula is C17H16F3NO3. The van der Waals surface area contributed by atoms with Crippen LogP contribution in [0.3, 0.4) is 0 Å². The van der Waals surface area contributed by atoms with Gasteiger partial charge in [-0.15, -0.1) is 0 Å². The van der Waals surface area contributed by atoms with E-state index in [2.05, 4.69) is 0 Å². The third-order valence-corrected chi connectivity index (χ3v) is 4.14. The van der Waals surface area contributed by atoms with Gasteiger partial charge >= 0.3 is 6.18 Å². The fourth-order valence-electron chi connectivity index (χ4n) is 3.10. The molecule has 1 N–H and O–H groups in total. The van der Waals surface area contributed by atoms with Crippen LogP contribution in [-0.4, -0.2) is 28.6 Å². The molecule has 2 aromatic rings. The van der Waals surface area contributed by atoms with Crippen molar-refractivity contribution >= 4 is 5.91 Å². The summed E-state index contributed by atoms with van der Waals surface area (Å²) >= 11 is 0. The number of aryl methyl sites for hydroxylation is 1. The highest BCUT2D eigenvalue weighted by Crippen LogP contribution is 2.40. The Morgan fingerprint density at radius 2 is 2.04 bits per heavy atom. The molecule has 128 valence electrons. The van der Waals surface area contributed by atoms with Gasteiger partial charge < -0.3 is 14.4 Å². The summed E-state index contributed by atoms with van der Waals surface area (Å²) in [6.45, 7) is 1.66. The van der Waals surface area contributed by atoms with Crippen LogP contribution in [0.25, 0.3) is 0 Å². The van der Waals surface area contributed by atoms with Crippen LogP contribution in [0.2, 0.25) is 0 Å². The standard InChI is InChI=1S/C17H16F3NO3/c1-10-6-11(9-24-10)16(23)21-8-12(22)7-15(21)13-4-2-3-5-14(13)17(18,19)20/h2-6,9,12,15,22H,7-8H2,1H3/t12-,15+/m0/s1. The number of furan rings is 1. The number of hydrogen-bond donors (Lipinski definition) is 1.